The van der Waals surface area contributed by atoms with E-state index in [1.54, 1.807) is 29.7 Å². The van der Waals surface area contributed by atoms with Gasteiger partial charge >= 0.3 is 0 Å². The average molecular weight is 356 g/mol. The Morgan fingerprint density at radius 3 is 2.80 bits per heavy atom. The molecule has 0 spiro atoms. The molecule has 7 heteroatoms. The standard InChI is InChI=1S/C13H14BrN3O2S/c1-7-8(2)20-13(16-7)17-15-6-9-4-10(14)12(18)11(5-9)19-3/h4-6,18H,1-3H3,(H,16,17)/b15-6+. The van der Waals surface area contributed by atoms with E-state index >= 15 is 0 Å². The lowest BCUT2D eigenvalue weighted by Crippen LogP contribution is -1.92. The summed E-state index contributed by atoms with van der Waals surface area (Å²) in [6.45, 7) is 3.98. The predicted octanol–water partition coefficient (Wildman–Crippen LogP) is 3.68. The minimum Gasteiger partial charge on any atom is -0.503 e. The van der Waals surface area contributed by atoms with Crippen LogP contribution in [0.2, 0.25) is 0 Å². The van der Waals surface area contributed by atoms with E-state index in [2.05, 4.69) is 31.4 Å². The number of rotatable bonds is 4. The van der Waals surface area contributed by atoms with Crippen molar-refractivity contribution in [3.05, 3.63) is 32.7 Å². The van der Waals surface area contributed by atoms with Crippen molar-refractivity contribution in [3.63, 3.8) is 0 Å². The Morgan fingerprint density at radius 1 is 1.45 bits per heavy atom. The van der Waals surface area contributed by atoms with Crippen LogP contribution >= 0.6 is 27.3 Å². The summed E-state index contributed by atoms with van der Waals surface area (Å²) in [5.74, 6) is 0.463. The molecular formula is C13H14BrN3O2S. The second-order valence-corrected chi connectivity index (χ2v) is 6.14. The summed E-state index contributed by atoms with van der Waals surface area (Å²) in [7, 11) is 1.50. The molecule has 0 amide bonds. The van der Waals surface area contributed by atoms with Crippen LogP contribution in [0, 0.1) is 13.8 Å². The first-order valence-corrected chi connectivity index (χ1v) is 7.42. The van der Waals surface area contributed by atoms with Crippen LogP contribution < -0.4 is 10.2 Å². The minimum absolute atomic E-state index is 0.0729. The van der Waals surface area contributed by atoms with Gasteiger partial charge in [-0.15, -0.1) is 11.3 Å². The van der Waals surface area contributed by atoms with Gasteiger partial charge in [0.2, 0.25) is 5.13 Å². The van der Waals surface area contributed by atoms with Crippen molar-refractivity contribution >= 4 is 38.6 Å². The van der Waals surface area contributed by atoms with E-state index in [0.717, 1.165) is 21.3 Å². The number of aromatic hydroxyl groups is 1. The van der Waals surface area contributed by atoms with Gasteiger partial charge in [-0.1, -0.05) is 0 Å². The lowest BCUT2D eigenvalue weighted by molar-refractivity contribution is 0.372. The van der Waals surface area contributed by atoms with E-state index in [0.29, 0.717) is 10.2 Å². The molecule has 2 rings (SSSR count). The Balaban J connectivity index is 2.13. The van der Waals surface area contributed by atoms with Crippen LogP contribution in [0.5, 0.6) is 11.5 Å². The van der Waals surface area contributed by atoms with Crippen LogP contribution in [-0.4, -0.2) is 23.4 Å². The molecular weight excluding hydrogens is 342 g/mol. The van der Waals surface area contributed by atoms with Crippen molar-refractivity contribution in [3.8, 4) is 11.5 Å². The maximum atomic E-state index is 9.72. The van der Waals surface area contributed by atoms with E-state index in [-0.39, 0.29) is 5.75 Å². The van der Waals surface area contributed by atoms with Crippen molar-refractivity contribution in [2.75, 3.05) is 12.5 Å². The third kappa shape index (κ3) is 3.29. The van der Waals surface area contributed by atoms with Crippen molar-refractivity contribution < 1.29 is 9.84 Å². The van der Waals surface area contributed by atoms with Gasteiger partial charge in [-0.05, 0) is 47.5 Å². The summed E-state index contributed by atoms with van der Waals surface area (Å²) in [4.78, 5) is 5.49. The fraction of sp³-hybridized carbons (Fsp3) is 0.231. The molecule has 0 aliphatic heterocycles. The number of nitrogens with one attached hydrogen (secondary N) is 1. The maximum Gasteiger partial charge on any atom is 0.203 e. The molecule has 0 unspecified atom stereocenters. The van der Waals surface area contributed by atoms with E-state index < -0.39 is 0 Å². The molecule has 106 valence electrons. The number of phenolic OH excluding ortho intramolecular Hbond substituents is 1. The summed E-state index contributed by atoms with van der Waals surface area (Å²) >= 11 is 4.82. The summed E-state index contributed by atoms with van der Waals surface area (Å²) in [6, 6.07) is 3.45. The van der Waals surface area contributed by atoms with Gasteiger partial charge in [0.15, 0.2) is 11.5 Å². The van der Waals surface area contributed by atoms with Gasteiger partial charge in [-0.25, -0.2) is 4.98 Å². The van der Waals surface area contributed by atoms with E-state index in [4.69, 9.17) is 4.74 Å². The summed E-state index contributed by atoms with van der Waals surface area (Å²) in [5, 5.41) is 14.6. The fourth-order valence-electron chi connectivity index (χ4n) is 1.51. The third-order valence-corrected chi connectivity index (χ3v) is 4.26. The lowest BCUT2D eigenvalue weighted by atomic mass is 10.2. The molecule has 2 aromatic rings. The van der Waals surface area contributed by atoms with Crippen LogP contribution in [0.4, 0.5) is 5.13 Å². The average Bonchev–Trinajstić information content (AvgIpc) is 2.72. The number of anilines is 1. The van der Waals surface area contributed by atoms with Gasteiger partial charge in [0.1, 0.15) is 0 Å². The number of hydrogen-bond acceptors (Lipinski definition) is 6. The second kappa shape index (κ2) is 6.23. The summed E-state index contributed by atoms with van der Waals surface area (Å²) in [6.07, 6.45) is 1.64. The molecule has 0 bridgehead atoms. The Bertz CT molecular complexity index is 636. The number of benzene rings is 1. The molecule has 0 atom stereocenters. The van der Waals surface area contributed by atoms with Gasteiger partial charge in [0.25, 0.3) is 0 Å². The quantitative estimate of drug-likeness (QED) is 0.648. The molecule has 2 N–H and O–H groups in total. The molecule has 0 saturated heterocycles. The Kier molecular flexibility index (Phi) is 4.61. The third-order valence-electron chi connectivity index (χ3n) is 2.67. The Morgan fingerprint density at radius 2 is 2.20 bits per heavy atom. The van der Waals surface area contributed by atoms with E-state index in [1.165, 1.54) is 7.11 Å². The van der Waals surface area contributed by atoms with Gasteiger partial charge < -0.3 is 9.84 Å². The first-order valence-electron chi connectivity index (χ1n) is 5.81. The van der Waals surface area contributed by atoms with Crippen molar-refractivity contribution in [1.29, 1.82) is 0 Å². The smallest absolute Gasteiger partial charge is 0.203 e. The zero-order valence-electron chi connectivity index (χ0n) is 11.3. The topological polar surface area (TPSA) is 66.7 Å². The van der Waals surface area contributed by atoms with Crippen molar-refractivity contribution in [1.82, 2.24) is 4.98 Å². The summed E-state index contributed by atoms with van der Waals surface area (Å²) < 4.78 is 5.63. The molecule has 1 aromatic heterocycles. The number of hydrogen-bond donors (Lipinski definition) is 2. The number of ether oxygens (including phenoxy) is 1. The number of phenols is 1. The fourth-order valence-corrected chi connectivity index (χ4v) is 2.73. The molecule has 20 heavy (non-hydrogen) atoms. The maximum absolute atomic E-state index is 9.72. The van der Waals surface area contributed by atoms with Crippen LogP contribution in [0.15, 0.2) is 21.7 Å². The first kappa shape index (κ1) is 14.8. The van der Waals surface area contributed by atoms with E-state index in [1.807, 2.05) is 13.8 Å². The number of thiazole rings is 1. The van der Waals surface area contributed by atoms with Crippen molar-refractivity contribution in [2.45, 2.75) is 13.8 Å². The van der Waals surface area contributed by atoms with Crippen LogP contribution in [0.25, 0.3) is 0 Å². The highest BCUT2D eigenvalue weighted by Crippen LogP contribution is 2.34. The largest absolute Gasteiger partial charge is 0.503 e. The second-order valence-electron chi connectivity index (χ2n) is 4.08. The summed E-state index contributed by atoms with van der Waals surface area (Å²) in [5.41, 5.74) is 4.68. The SMILES string of the molecule is COc1cc(/C=N/Nc2nc(C)c(C)s2)cc(Br)c1O. The van der Waals surface area contributed by atoms with Crippen molar-refractivity contribution in [2.24, 2.45) is 5.10 Å². The molecule has 0 saturated carbocycles. The zero-order chi connectivity index (χ0) is 14.7. The molecule has 0 aliphatic rings. The normalized spacial score (nSPS) is 11.0. The number of aromatic nitrogens is 1. The number of halogens is 1. The van der Waals surface area contributed by atoms with Crippen LogP contribution in [-0.2, 0) is 0 Å². The van der Waals surface area contributed by atoms with Gasteiger partial charge in [0.05, 0.1) is 23.5 Å². The molecule has 0 radical (unpaired) electrons. The van der Waals surface area contributed by atoms with Gasteiger partial charge in [-0.3, -0.25) is 5.43 Å². The minimum atomic E-state index is 0.0729. The lowest BCUT2D eigenvalue weighted by Gasteiger charge is -2.06. The number of nitrogens with zero attached hydrogens (tertiary/aromatic N) is 2. The predicted molar refractivity (Wildman–Crippen MR) is 85.2 cm³/mol. The van der Waals surface area contributed by atoms with Crippen LogP contribution in [0.1, 0.15) is 16.1 Å². The first-order chi connectivity index (χ1) is 9.51. The molecule has 5 nitrogen and oxygen atoms in total. The number of hydrazone groups is 1. The molecule has 1 aromatic carbocycles. The highest BCUT2D eigenvalue weighted by Gasteiger charge is 2.07. The Labute approximate surface area is 129 Å². The monoisotopic (exact) mass is 355 g/mol. The molecule has 0 aliphatic carbocycles. The van der Waals surface area contributed by atoms with Crippen LogP contribution in [0.3, 0.4) is 0 Å². The van der Waals surface area contributed by atoms with Gasteiger partial charge in [0, 0.05) is 4.88 Å². The van der Waals surface area contributed by atoms with E-state index in [9.17, 15) is 5.11 Å². The van der Waals surface area contributed by atoms with Gasteiger partial charge in [-0.2, -0.15) is 5.10 Å². The zero-order valence-corrected chi connectivity index (χ0v) is 13.7. The number of aryl methyl sites for hydroxylation is 2. The molecule has 1 heterocycles. The molecule has 0 fully saturated rings. The highest BCUT2D eigenvalue weighted by molar-refractivity contribution is 9.10. The number of methoxy groups -OCH3 is 1. The Hall–Kier alpha value is -1.60. The highest BCUT2D eigenvalue weighted by atomic mass is 79.9.